The van der Waals surface area contributed by atoms with Crippen molar-refractivity contribution < 1.29 is 4.39 Å². The van der Waals surface area contributed by atoms with Gasteiger partial charge in [-0.3, -0.25) is 9.97 Å². The minimum Gasteiger partial charge on any atom is -0.326 e. The molecule has 112 valence electrons. The normalized spacial score (nSPS) is 11.0. The fourth-order valence-electron chi connectivity index (χ4n) is 2.88. The largest absolute Gasteiger partial charge is 0.326 e. The molecule has 0 atom stereocenters. The monoisotopic (exact) mass is 304 g/mol. The van der Waals surface area contributed by atoms with Gasteiger partial charge in [-0.15, -0.1) is 0 Å². The van der Waals surface area contributed by atoms with E-state index < -0.39 is 0 Å². The second-order valence-corrected chi connectivity index (χ2v) is 5.25. The van der Waals surface area contributed by atoms with Crippen LogP contribution >= 0.6 is 0 Å². The fraction of sp³-hybridized carbons (Fsp3) is 0.0556. The van der Waals surface area contributed by atoms with Crippen LogP contribution in [-0.4, -0.2) is 19.5 Å². The molecule has 3 aromatic heterocycles. The van der Waals surface area contributed by atoms with Gasteiger partial charge in [-0.05, 0) is 29.8 Å². The molecule has 5 heteroatoms. The lowest BCUT2D eigenvalue weighted by molar-refractivity contribution is 0.628. The molecule has 0 fully saturated rings. The van der Waals surface area contributed by atoms with E-state index in [1.54, 1.807) is 36.9 Å². The van der Waals surface area contributed by atoms with Gasteiger partial charge in [0.2, 0.25) is 0 Å². The summed E-state index contributed by atoms with van der Waals surface area (Å²) in [6.07, 6.45) is 6.85. The van der Waals surface area contributed by atoms with Gasteiger partial charge < -0.3 is 4.57 Å². The number of nitrogens with zero attached hydrogens (tertiary/aromatic N) is 4. The highest BCUT2D eigenvalue weighted by atomic mass is 19.1. The Morgan fingerprint density at radius 2 is 1.52 bits per heavy atom. The molecular formula is C18H13FN4. The number of halogens is 1. The molecule has 0 amide bonds. The average molecular weight is 304 g/mol. The molecule has 1 aromatic carbocycles. The van der Waals surface area contributed by atoms with Crippen LogP contribution in [0.3, 0.4) is 0 Å². The fourth-order valence-corrected chi connectivity index (χ4v) is 2.88. The lowest BCUT2D eigenvalue weighted by Crippen LogP contribution is -1.94. The lowest BCUT2D eigenvalue weighted by atomic mass is 10.0. The number of aryl methyl sites for hydroxylation is 1. The van der Waals surface area contributed by atoms with E-state index in [1.807, 2.05) is 23.7 Å². The zero-order valence-electron chi connectivity index (χ0n) is 12.4. The SMILES string of the molecule is Cn1c(-c2ccncc2)c(-c2ccc(F)cc2)c2nccnc21. The first-order chi connectivity index (χ1) is 11.3. The Hall–Kier alpha value is -3.08. The van der Waals surface area contributed by atoms with Crippen LogP contribution in [0.25, 0.3) is 33.5 Å². The van der Waals surface area contributed by atoms with Crippen LogP contribution in [0.4, 0.5) is 4.39 Å². The van der Waals surface area contributed by atoms with E-state index in [1.165, 1.54) is 12.1 Å². The minimum atomic E-state index is -0.259. The summed E-state index contributed by atoms with van der Waals surface area (Å²) in [5, 5.41) is 0. The Balaban J connectivity index is 2.10. The smallest absolute Gasteiger partial charge is 0.159 e. The van der Waals surface area contributed by atoms with Crippen molar-refractivity contribution >= 4 is 11.2 Å². The first kappa shape index (κ1) is 13.6. The molecule has 0 aliphatic heterocycles. The molecule has 0 bridgehead atoms. The molecule has 4 aromatic rings. The Morgan fingerprint density at radius 1 is 0.826 bits per heavy atom. The molecule has 23 heavy (non-hydrogen) atoms. The molecular weight excluding hydrogens is 291 g/mol. The quantitative estimate of drug-likeness (QED) is 0.565. The van der Waals surface area contributed by atoms with Gasteiger partial charge in [0.15, 0.2) is 5.65 Å². The summed E-state index contributed by atoms with van der Waals surface area (Å²) < 4.78 is 15.3. The van der Waals surface area contributed by atoms with Gasteiger partial charge >= 0.3 is 0 Å². The Morgan fingerprint density at radius 3 is 2.26 bits per heavy atom. The van der Waals surface area contributed by atoms with Crippen LogP contribution in [0.5, 0.6) is 0 Å². The van der Waals surface area contributed by atoms with Crippen LogP contribution < -0.4 is 0 Å². The number of rotatable bonds is 2. The van der Waals surface area contributed by atoms with Gasteiger partial charge in [-0.2, -0.15) is 0 Å². The molecule has 3 heterocycles. The van der Waals surface area contributed by atoms with Gasteiger partial charge in [0.05, 0.1) is 5.69 Å². The maximum absolute atomic E-state index is 13.3. The second kappa shape index (κ2) is 5.28. The van der Waals surface area contributed by atoms with Gasteiger partial charge in [0.1, 0.15) is 11.3 Å². The van der Waals surface area contributed by atoms with Crippen LogP contribution in [-0.2, 0) is 7.05 Å². The molecule has 0 N–H and O–H groups in total. The standard InChI is InChI=1S/C18H13FN4/c1-23-17(13-6-8-20-9-7-13)15(12-2-4-14(19)5-3-12)16-18(23)22-11-10-21-16/h2-11H,1H3. The molecule has 0 saturated heterocycles. The predicted molar refractivity (Wildman–Crippen MR) is 87.1 cm³/mol. The van der Waals surface area contributed by atoms with E-state index in [-0.39, 0.29) is 5.82 Å². The first-order valence-electron chi connectivity index (χ1n) is 7.21. The lowest BCUT2D eigenvalue weighted by Gasteiger charge is -2.08. The molecule has 0 unspecified atom stereocenters. The number of pyridine rings is 1. The highest BCUT2D eigenvalue weighted by molar-refractivity contribution is 6.00. The average Bonchev–Trinajstić information content (AvgIpc) is 2.90. The summed E-state index contributed by atoms with van der Waals surface area (Å²) in [5.74, 6) is -0.259. The van der Waals surface area contributed by atoms with Crippen molar-refractivity contribution in [3.05, 3.63) is 67.0 Å². The van der Waals surface area contributed by atoms with E-state index in [4.69, 9.17) is 0 Å². The number of hydrogen-bond donors (Lipinski definition) is 0. The van der Waals surface area contributed by atoms with Gasteiger partial charge in [-0.1, -0.05) is 12.1 Å². The van der Waals surface area contributed by atoms with E-state index in [9.17, 15) is 4.39 Å². The summed E-state index contributed by atoms with van der Waals surface area (Å²) in [6, 6.07) is 10.3. The van der Waals surface area contributed by atoms with E-state index in [2.05, 4.69) is 15.0 Å². The molecule has 0 aliphatic carbocycles. The highest BCUT2D eigenvalue weighted by Gasteiger charge is 2.19. The van der Waals surface area contributed by atoms with Crippen LogP contribution in [0.15, 0.2) is 61.2 Å². The summed E-state index contributed by atoms with van der Waals surface area (Å²) in [5.41, 5.74) is 5.44. The molecule has 0 spiro atoms. The molecule has 0 radical (unpaired) electrons. The van der Waals surface area contributed by atoms with Gasteiger partial charge in [0.25, 0.3) is 0 Å². The summed E-state index contributed by atoms with van der Waals surface area (Å²) in [4.78, 5) is 13.0. The Kier molecular flexibility index (Phi) is 3.12. The minimum absolute atomic E-state index is 0.259. The van der Waals surface area contributed by atoms with Crippen molar-refractivity contribution in [1.82, 2.24) is 19.5 Å². The number of fused-ring (bicyclic) bond motifs is 1. The Bertz CT molecular complexity index is 975. The van der Waals surface area contributed by atoms with Gasteiger partial charge in [0, 0.05) is 43.0 Å². The van der Waals surface area contributed by atoms with Crippen molar-refractivity contribution in [1.29, 1.82) is 0 Å². The number of aromatic nitrogens is 4. The van der Waals surface area contributed by atoms with Crippen molar-refractivity contribution in [2.24, 2.45) is 7.05 Å². The number of hydrogen-bond acceptors (Lipinski definition) is 3. The van der Waals surface area contributed by atoms with E-state index >= 15 is 0 Å². The van der Waals surface area contributed by atoms with Crippen LogP contribution in [0, 0.1) is 5.82 Å². The van der Waals surface area contributed by atoms with Crippen molar-refractivity contribution in [3.8, 4) is 22.4 Å². The third-order valence-corrected chi connectivity index (χ3v) is 3.89. The predicted octanol–water partition coefficient (Wildman–Crippen LogP) is 3.84. The first-order valence-corrected chi connectivity index (χ1v) is 7.21. The summed E-state index contributed by atoms with van der Waals surface area (Å²) in [7, 11) is 1.96. The third kappa shape index (κ3) is 2.17. The maximum atomic E-state index is 13.3. The topological polar surface area (TPSA) is 43.6 Å². The molecule has 0 aliphatic rings. The third-order valence-electron chi connectivity index (χ3n) is 3.89. The molecule has 4 rings (SSSR count). The molecule has 4 nitrogen and oxygen atoms in total. The van der Waals surface area contributed by atoms with Crippen LogP contribution in [0.2, 0.25) is 0 Å². The summed E-state index contributed by atoms with van der Waals surface area (Å²) >= 11 is 0. The zero-order valence-corrected chi connectivity index (χ0v) is 12.4. The van der Waals surface area contributed by atoms with Gasteiger partial charge in [-0.25, -0.2) is 9.37 Å². The van der Waals surface area contributed by atoms with E-state index in [0.717, 1.165) is 33.5 Å². The second-order valence-electron chi connectivity index (χ2n) is 5.25. The Labute approximate surface area is 132 Å². The maximum Gasteiger partial charge on any atom is 0.159 e. The zero-order chi connectivity index (χ0) is 15.8. The number of benzene rings is 1. The van der Waals surface area contributed by atoms with E-state index in [0.29, 0.717) is 0 Å². The van der Waals surface area contributed by atoms with Crippen molar-refractivity contribution in [2.75, 3.05) is 0 Å². The van der Waals surface area contributed by atoms with Crippen molar-refractivity contribution in [3.63, 3.8) is 0 Å². The molecule has 0 saturated carbocycles. The summed E-state index contributed by atoms with van der Waals surface area (Å²) in [6.45, 7) is 0. The van der Waals surface area contributed by atoms with Crippen molar-refractivity contribution in [2.45, 2.75) is 0 Å². The highest BCUT2D eigenvalue weighted by Crippen LogP contribution is 2.38. The van der Waals surface area contributed by atoms with Crippen LogP contribution in [0.1, 0.15) is 0 Å².